The molecule has 0 aromatic heterocycles. The van der Waals surface area contributed by atoms with E-state index in [2.05, 4.69) is 24.5 Å². The minimum absolute atomic E-state index is 0.233. The zero-order valence-corrected chi connectivity index (χ0v) is 21.6. The first-order chi connectivity index (χ1) is 17.6. The maximum absolute atomic E-state index is 13.0. The van der Waals surface area contributed by atoms with Crippen molar-refractivity contribution < 1.29 is 19.1 Å². The van der Waals surface area contributed by atoms with Crippen LogP contribution in [0.4, 0.5) is 11.4 Å². The molecule has 0 amide bonds. The molecule has 6 heteroatoms. The topological polar surface area (TPSA) is 76.7 Å². The average molecular weight is 493 g/mol. The number of carbonyl (C=O) groups excluding carboxylic acids is 2. The van der Waals surface area contributed by atoms with E-state index in [-0.39, 0.29) is 23.8 Å². The molecule has 5 rings (SSSR count). The molecule has 2 bridgehead atoms. The van der Waals surface area contributed by atoms with Gasteiger partial charge < -0.3 is 20.1 Å². The Labute approximate surface area is 215 Å². The lowest BCUT2D eigenvalue weighted by Gasteiger charge is -2.46. The van der Waals surface area contributed by atoms with Gasteiger partial charge in [0.15, 0.2) is 0 Å². The minimum Gasteiger partial charge on any atom is -0.455 e. The Morgan fingerprint density at radius 3 is 1.36 bits per heavy atom. The molecular weight excluding hydrogens is 452 g/mol. The molecule has 2 unspecified atom stereocenters. The van der Waals surface area contributed by atoms with Crippen molar-refractivity contribution in [1.82, 2.24) is 0 Å². The van der Waals surface area contributed by atoms with Gasteiger partial charge in [0.05, 0.1) is 11.1 Å². The molecule has 2 atom stereocenters. The molecule has 2 aromatic carbocycles. The summed E-state index contributed by atoms with van der Waals surface area (Å²) in [5, 5.41) is 6.72. The normalized spacial score (nSPS) is 22.6. The first kappa shape index (κ1) is 26.1. The van der Waals surface area contributed by atoms with Crippen LogP contribution in [0.2, 0.25) is 0 Å². The number of anilines is 2. The zero-order chi connectivity index (χ0) is 25.3. The van der Waals surface area contributed by atoms with E-state index in [0.29, 0.717) is 11.1 Å². The van der Waals surface area contributed by atoms with E-state index in [9.17, 15) is 9.59 Å². The summed E-state index contributed by atoms with van der Waals surface area (Å²) in [4.78, 5) is 26.0. The smallest absolute Gasteiger partial charge is 0.338 e. The van der Waals surface area contributed by atoms with E-state index in [0.717, 1.165) is 75.8 Å². The third kappa shape index (κ3) is 6.59. The average Bonchev–Trinajstić information content (AvgIpc) is 2.91. The van der Waals surface area contributed by atoms with Gasteiger partial charge in [-0.1, -0.05) is 26.7 Å². The van der Waals surface area contributed by atoms with Crippen LogP contribution in [0.5, 0.6) is 0 Å². The maximum Gasteiger partial charge on any atom is 0.338 e. The molecule has 2 aromatic rings. The lowest BCUT2D eigenvalue weighted by Crippen LogP contribution is -2.52. The standard InChI is InChI=1S/C30H40N2O4/c1-3-5-19-31-25-15-11-23(12-16-25)29(33)35-27-21-7-9-22(10-8-21)28(27)36-30(34)24-13-17-26(18-14-24)32-20-6-4-2/h11-18,21-22,27-28,31-32H,3-10,19-20H2,1-2H3. The van der Waals surface area contributed by atoms with Crippen LogP contribution < -0.4 is 10.6 Å². The molecule has 0 radical (unpaired) electrons. The quantitative estimate of drug-likeness (QED) is 0.254. The van der Waals surface area contributed by atoms with Crippen LogP contribution in [0.15, 0.2) is 48.5 Å². The lowest BCUT2D eigenvalue weighted by molar-refractivity contribution is -0.121. The van der Waals surface area contributed by atoms with Crippen LogP contribution in [0, 0.1) is 11.8 Å². The van der Waals surface area contributed by atoms with Crippen molar-refractivity contribution in [2.24, 2.45) is 11.8 Å². The summed E-state index contributed by atoms with van der Waals surface area (Å²) in [5.41, 5.74) is 3.03. The minimum atomic E-state index is -0.397. The Kier molecular flexibility index (Phi) is 9.26. The fourth-order valence-electron chi connectivity index (χ4n) is 5.32. The molecule has 0 saturated heterocycles. The van der Waals surface area contributed by atoms with Gasteiger partial charge in [-0.15, -0.1) is 0 Å². The van der Waals surface area contributed by atoms with Gasteiger partial charge in [0.1, 0.15) is 12.2 Å². The number of hydrogen-bond acceptors (Lipinski definition) is 6. The van der Waals surface area contributed by atoms with Crippen LogP contribution in [-0.2, 0) is 9.47 Å². The highest BCUT2D eigenvalue weighted by molar-refractivity contribution is 5.91. The highest BCUT2D eigenvalue weighted by Gasteiger charge is 2.48. The molecule has 6 nitrogen and oxygen atoms in total. The van der Waals surface area contributed by atoms with Gasteiger partial charge in [-0.2, -0.15) is 0 Å². The van der Waals surface area contributed by atoms with Crippen molar-refractivity contribution in [3.05, 3.63) is 59.7 Å². The molecule has 0 heterocycles. The fourth-order valence-corrected chi connectivity index (χ4v) is 5.32. The van der Waals surface area contributed by atoms with Crippen LogP contribution in [0.1, 0.15) is 85.9 Å². The van der Waals surface area contributed by atoms with Gasteiger partial charge >= 0.3 is 11.9 Å². The Morgan fingerprint density at radius 2 is 1.03 bits per heavy atom. The second-order valence-corrected chi connectivity index (χ2v) is 10.1. The SMILES string of the molecule is CCCCNc1ccc(C(=O)OC2C3CCC(CC3)C2OC(=O)c2ccc(NCCCC)cc2)cc1. The fraction of sp³-hybridized carbons (Fsp3) is 0.533. The van der Waals surface area contributed by atoms with Crippen molar-refractivity contribution in [1.29, 1.82) is 0 Å². The number of nitrogens with one attached hydrogen (secondary N) is 2. The van der Waals surface area contributed by atoms with Gasteiger partial charge in [0.25, 0.3) is 0 Å². The van der Waals surface area contributed by atoms with Crippen molar-refractivity contribution in [2.45, 2.75) is 77.4 Å². The summed E-state index contributed by atoms with van der Waals surface area (Å²) >= 11 is 0. The van der Waals surface area contributed by atoms with Gasteiger partial charge in [-0.3, -0.25) is 0 Å². The van der Waals surface area contributed by atoms with Gasteiger partial charge in [0.2, 0.25) is 0 Å². The maximum atomic E-state index is 13.0. The molecule has 194 valence electrons. The van der Waals surface area contributed by atoms with E-state index >= 15 is 0 Å². The van der Waals surface area contributed by atoms with Crippen molar-refractivity contribution in [2.75, 3.05) is 23.7 Å². The van der Waals surface area contributed by atoms with Gasteiger partial charge in [-0.25, -0.2) is 9.59 Å². The summed E-state index contributed by atoms with van der Waals surface area (Å²) < 4.78 is 12.1. The Morgan fingerprint density at radius 1 is 0.667 bits per heavy atom. The summed E-state index contributed by atoms with van der Waals surface area (Å²) in [6.07, 6.45) is 7.72. The summed E-state index contributed by atoms with van der Waals surface area (Å²) in [5.74, 6) is -0.235. The first-order valence-corrected chi connectivity index (χ1v) is 13.7. The van der Waals surface area contributed by atoms with Crippen LogP contribution >= 0.6 is 0 Å². The molecule has 3 aliphatic rings. The van der Waals surface area contributed by atoms with E-state index in [1.165, 1.54) is 0 Å². The number of carbonyl (C=O) groups is 2. The third-order valence-corrected chi connectivity index (χ3v) is 7.52. The van der Waals surface area contributed by atoms with Crippen LogP contribution in [0.3, 0.4) is 0 Å². The number of esters is 2. The van der Waals surface area contributed by atoms with E-state index in [1.54, 1.807) is 24.3 Å². The first-order valence-electron chi connectivity index (χ1n) is 13.7. The van der Waals surface area contributed by atoms with Crippen LogP contribution in [0.25, 0.3) is 0 Å². The number of fused-ring (bicyclic) bond motifs is 3. The predicted molar refractivity (Wildman–Crippen MR) is 144 cm³/mol. The van der Waals surface area contributed by atoms with Gasteiger partial charge in [0, 0.05) is 24.5 Å². The van der Waals surface area contributed by atoms with Crippen molar-refractivity contribution >= 4 is 23.3 Å². The number of hydrogen-bond donors (Lipinski definition) is 2. The Bertz CT molecular complexity index is 900. The highest BCUT2D eigenvalue weighted by atomic mass is 16.6. The highest BCUT2D eigenvalue weighted by Crippen LogP contribution is 2.44. The third-order valence-electron chi connectivity index (χ3n) is 7.52. The van der Waals surface area contributed by atoms with Crippen LogP contribution in [-0.4, -0.2) is 37.2 Å². The van der Waals surface area contributed by atoms with Crippen molar-refractivity contribution in [3.63, 3.8) is 0 Å². The number of unbranched alkanes of at least 4 members (excludes halogenated alkanes) is 2. The molecule has 3 fully saturated rings. The van der Waals surface area contributed by atoms with E-state index in [1.807, 2.05) is 24.3 Å². The lowest BCUT2D eigenvalue weighted by atomic mass is 9.67. The number of benzene rings is 2. The van der Waals surface area contributed by atoms with Gasteiger partial charge in [-0.05, 0) is 98.9 Å². The molecular formula is C30H40N2O4. The molecule has 0 spiro atoms. The number of rotatable bonds is 12. The molecule has 36 heavy (non-hydrogen) atoms. The largest absolute Gasteiger partial charge is 0.455 e. The monoisotopic (exact) mass is 492 g/mol. The Balaban J connectivity index is 1.38. The summed E-state index contributed by atoms with van der Waals surface area (Å²) in [6, 6.07) is 14.9. The number of ether oxygens (including phenoxy) is 2. The summed E-state index contributed by atoms with van der Waals surface area (Å²) in [6.45, 7) is 6.14. The molecule has 3 saturated carbocycles. The van der Waals surface area contributed by atoms with E-state index < -0.39 is 12.2 Å². The molecule has 3 aliphatic carbocycles. The zero-order valence-electron chi connectivity index (χ0n) is 21.6. The predicted octanol–water partition coefficient (Wildman–Crippen LogP) is 6.68. The second kappa shape index (κ2) is 12.8. The Hall–Kier alpha value is -3.02. The molecule has 0 aliphatic heterocycles. The molecule has 2 N–H and O–H groups in total. The second-order valence-electron chi connectivity index (χ2n) is 10.1. The van der Waals surface area contributed by atoms with Crippen molar-refractivity contribution in [3.8, 4) is 0 Å². The summed E-state index contributed by atoms with van der Waals surface area (Å²) in [7, 11) is 0. The van der Waals surface area contributed by atoms with E-state index in [4.69, 9.17) is 9.47 Å².